The van der Waals surface area contributed by atoms with Crippen molar-refractivity contribution >= 4 is 17.3 Å². The molecule has 2 rings (SSSR count). The van der Waals surface area contributed by atoms with Crippen molar-refractivity contribution in [1.82, 2.24) is 5.32 Å². The highest BCUT2D eigenvalue weighted by atomic mass is 35.5. The summed E-state index contributed by atoms with van der Waals surface area (Å²) < 4.78 is 5.35. The number of piperazine rings is 1. The molecule has 1 aromatic rings. The van der Waals surface area contributed by atoms with Crippen molar-refractivity contribution in [2.45, 2.75) is 39.3 Å². The lowest BCUT2D eigenvalue weighted by atomic mass is 9.92. The van der Waals surface area contributed by atoms with Gasteiger partial charge in [-0.15, -0.1) is 0 Å². The fraction of sp³-hybridized carbons (Fsp3) is 0.625. The number of hydrogen-bond donors (Lipinski definition) is 1. The number of nitrogens with zero attached hydrogens (tertiary/aromatic N) is 1. The van der Waals surface area contributed by atoms with Gasteiger partial charge in [-0.3, -0.25) is 0 Å². The summed E-state index contributed by atoms with van der Waals surface area (Å²) in [4.78, 5) is 2.42. The minimum Gasteiger partial charge on any atom is -0.497 e. The van der Waals surface area contributed by atoms with Crippen LogP contribution in [0.2, 0.25) is 5.02 Å². The van der Waals surface area contributed by atoms with Gasteiger partial charge in [0.1, 0.15) is 5.75 Å². The summed E-state index contributed by atoms with van der Waals surface area (Å²) in [5.74, 6) is 1.41. The van der Waals surface area contributed by atoms with E-state index in [2.05, 4.69) is 37.9 Å². The van der Waals surface area contributed by atoms with E-state index < -0.39 is 0 Å². The zero-order valence-corrected chi connectivity index (χ0v) is 13.8. The zero-order valence-electron chi connectivity index (χ0n) is 13.0. The van der Waals surface area contributed by atoms with Gasteiger partial charge in [-0.25, -0.2) is 0 Å². The van der Waals surface area contributed by atoms with Gasteiger partial charge in [0.25, 0.3) is 0 Å². The lowest BCUT2D eigenvalue weighted by Gasteiger charge is -2.47. The number of nitrogens with one attached hydrogen (secondary N) is 1. The summed E-state index contributed by atoms with van der Waals surface area (Å²) in [6.45, 7) is 10.9. The Kier molecular flexibility index (Phi) is 4.50. The van der Waals surface area contributed by atoms with Gasteiger partial charge in [0.05, 0.1) is 17.8 Å². The number of halogens is 1. The standard InChI is InChI=1S/C16H25ClN2O/c1-11(2)15-9-18-16(3,4)10-19(15)14-8-12(20-5)6-7-13(14)17/h6-8,11,15,18H,9-10H2,1-5H3. The molecule has 0 aromatic heterocycles. The first-order valence-electron chi connectivity index (χ1n) is 7.19. The molecular formula is C16H25ClN2O. The fourth-order valence-electron chi connectivity index (χ4n) is 2.79. The van der Waals surface area contributed by atoms with Gasteiger partial charge in [-0.05, 0) is 31.9 Å². The van der Waals surface area contributed by atoms with Crippen LogP contribution >= 0.6 is 11.6 Å². The maximum atomic E-state index is 6.43. The predicted octanol–water partition coefficient (Wildman–Crippen LogP) is 3.56. The number of benzene rings is 1. The smallest absolute Gasteiger partial charge is 0.121 e. The van der Waals surface area contributed by atoms with Gasteiger partial charge >= 0.3 is 0 Å². The summed E-state index contributed by atoms with van der Waals surface area (Å²) in [7, 11) is 1.69. The van der Waals surface area contributed by atoms with Crippen molar-refractivity contribution in [2.24, 2.45) is 5.92 Å². The molecule has 1 aliphatic rings. The maximum Gasteiger partial charge on any atom is 0.121 e. The van der Waals surface area contributed by atoms with Crippen LogP contribution < -0.4 is 15.0 Å². The normalized spacial score (nSPS) is 22.1. The van der Waals surface area contributed by atoms with E-state index in [0.29, 0.717) is 12.0 Å². The molecule has 1 N–H and O–H groups in total. The van der Waals surface area contributed by atoms with E-state index >= 15 is 0 Å². The molecule has 1 atom stereocenters. The van der Waals surface area contributed by atoms with Crippen molar-refractivity contribution in [2.75, 3.05) is 25.1 Å². The fourth-order valence-corrected chi connectivity index (χ4v) is 3.02. The number of anilines is 1. The molecule has 1 unspecified atom stereocenters. The van der Waals surface area contributed by atoms with Crippen LogP contribution in [-0.4, -0.2) is 31.8 Å². The van der Waals surface area contributed by atoms with Crippen molar-refractivity contribution in [1.29, 1.82) is 0 Å². The monoisotopic (exact) mass is 296 g/mol. The molecule has 0 spiro atoms. The average molecular weight is 297 g/mol. The number of hydrogen-bond acceptors (Lipinski definition) is 3. The van der Waals surface area contributed by atoms with E-state index in [1.807, 2.05) is 18.2 Å². The summed E-state index contributed by atoms with van der Waals surface area (Å²) in [5.41, 5.74) is 1.15. The van der Waals surface area contributed by atoms with Crippen LogP contribution in [0.5, 0.6) is 5.75 Å². The second-order valence-corrected chi connectivity index (χ2v) is 6.93. The number of methoxy groups -OCH3 is 1. The van der Waals surface area contributed by atoms with E-state index in [-0.39, 0.29) is 5.54 Å². The third-order valence-electron chi connectivity index (χ3n) is 3.99. The minimum absolute atomic E-state index is 0.0811. The van der Waals surface area contributed by atoms with E-state index in [9.17, 15) is 0 Å². The Labute approximate surface area is 127 Å². The third-order valence-corrected chi connectivity index (χ3v) is 4.31. The lowest BCUT2D eigenvalue weighted by molar-refractivity contribution is 0.277. The van der Waals surface area contributed by atoms with Crippen molar-refractivity contribution in [3.63, 3.8) is 0 Å². The minimum atomic E-state index is 0.0811. The van der Waals surface area contributed by atoms with Crippen molar-refractivity contribution in [3.05, 3.63) is 23.2 Å². The molecule has 0 aliphatic carbocycles. The largest absolute Gasteiger partial charge is 0.497 e. The molecule has 0 amide bonds. The highest BCUT2D eigenvalue weighted by Crippen LogP contribution is 2.35. The first kappa shape index (κ1) is 15.5. The van der Waals surface area contributed by atoms with Gasteiger partial charge in [0.2, 0.25) is 0 Å². The van der Waals surface area contributed by atoms with E-state index in [1.54, 1.807) is 7.11 Å². The molecule has 0 bridgehead atoms. The molecule has 0 radical (unpaired) electrons. The molecule has 4 heteroatoms. The molecule has 20 heavy (non-hydrogen) atoms. The van der Waals surface area contributed by atoms with Gasteiger partial charge in [-0.1, -0.05) is 25.4 Å². The Morgan fingerprint density at radius 1 is 1.40 bits per heavy atom. The molecule has 112 valence electrons. The molecular weight excluding hydrogens is 272 g/mol. The molecule has 1 aromatic carbocycles. The Morgan fingerprint density at radius 2 is 2.10 bits per heavy atom. The van der Waals surface area contributed by atoms with Crippen LogP contribution in [-0.2, 0) is 0 Å². The van der Waals surface area contributed by atoms with Crippen LogP contribution in [0, 0.1) is 5.92 Å². The highest BCUT2D eigenvalue weighted by Gasteiger charge is 2.35. The second kappa shape index (κ2) is 5.82. The van der Waals surface area contributed by atoms with Crippen LogP contribution in [0.15, 0.2) is 18.2 Å². The predicted molar refractivity (Wildman–Crippen MR) is 86.1 cm³/mol. The number of ether oxygens (including phenoxy) is 1. The molecule has 1 aliphatic heterocycles. The van der Waals surface area contributed by atoms with Crippen LogP contribution in [0.3, 0.4) is 0 Å². The topological polar surface area (TPSA) is 24.5 Å². The molecule has 3 nitrogen and oxygen atoms in total. The second-order valence-electron chi connectivity index (χ2n) is 6.52. The van der Waals surface area contributed by atoms with E-state index in [1.165, 1.54) is 0 Å². The molecule has 1 saturated heterocycles. The first-order valence-corrected chi connectivity index (χ1v) is 7.57. The Hall–Kier alpha value is -0.930. The maximum absolute atomic E-state index is 6.43. The van der Waals surface area contributed by atoms with Gasteiger partial charge in [-0.2, -0.15) is 0 Å². The molecule has 1 heterocycles. The third kappa shape index (κ3) is 3.21. The summed E-state index contributed by atoms with van der Waals surface area (Å²) in [5, 5.41) is 4.41. The van der Waals surface area contributed by atoms with Crippen LogP contribution in [0.4, 0.5) is 5.69 Å². The van der Waals surface area contributed by atoms with E-state index in [4.69, 9.17) is 16.3 Å². The summed E-state index contributed by atoms with van der Waals surface area (Å²) in [6.07, 6.45) is 0. The summed E-state index contributed by atoms with van der Waals surface area (Å²) >= 11 is 6.43. The number of rotatable bonds is 3. The molecule has 1 fully saturated rings. The Balaban J connectivity index is 2.39. The average Bonchev–Trinajstić information content (AvgIpc) is 2.37. The lowest BCUT2D eigenvalue weighted by Crippen LogP contribution is -2.63. The SMILES string of the molecule is COc1ccc(Cl)c(N2CC(C)(C)NCC2C(C)C)c1. The zero-order chi connectivity index (χ0) is 14.9. The highest BCUT2D eigenvalue weighted by molar-refractivity contribution is 6.33. The Morgan fingerprint density at radius 3 is 2.70 bits per heavy atom. The molecule has 0 saturated carbocycles. The van der Waals surface area contributed by atoms with Gasteiger partial charge in [0.15, 0.2) is 0 Å². The van der Waals surface area contributed by atoms with Crippen molar-refractivity contribution in [3.8, 4) is 5.75 Å². The van der Waals surface area contributed by atoms with Crippen LogP contribution in [0.1, 0.15) is 27.7 Å². The van der Waals surface area contributed by atoms with E-state index in [0.717, 1.165) is 29.5 Å². The van der Waals surface area contributed by atoms with Crippen molar-refractivity contribution < 1.29 is 4.74 Å². The summed E-state index contributed by atoms with van der Waals surface area (Å²) in [6, 6.07) is 6.30. The quantitative estimate of drug-likeness (QED) is 0.923. The van der Waals surface area contributed by atoms with Gasteiger partial charge < -0.3 is 15.0 Å². The first-order chi connectivity index (χ1) is 9.34. The van der Waals surface area contributed by atoms with Gasteiger partial charge in [0, 0.05) is 30.7 Å². The Bertz CT molecular complexity index is 474. The van der Waals surface area contributed by atoms with Crippen LogP contribution in [0.25, 0.3) is 0 Å².